The van der Waals surface area contributed by atoms with Crippen molar-refractivity contribution in [3.8, 4) is 0 Å². The van der Waals surface area contributed by atoms with Crippen LogP contribution in [0.5, 0.6) is 0 Å². The summed E-state index contributed by atoms with van der Waals surface area (Å²) < 4.78 is 2.84. The van der Waals surface area contributed by atoms with Crippen molar-refractivity contribution < 1.29 is 15.7 Å². The molecule has 0 unspecified atom stereocenters. The molecule has 0 N–H and O–H groups in total. The van der Waals surface area contributed by atoms with Gasteiger partial charge in [-0.2, -0.15) is 0 Å². The largest absolute Gasteiger partial charge is 0.358 e. The second kappa shape index (κ2) is 25.7. The first-order valence-electron chi connectivity index (χ1n) is 1.18. The van der Waals surface area contributed by atoms with Crippen LogP contribution in [-0.4, -0.2) is 4.26 Å². The molecular formula is C6H13ClRu-3. The second-order valence-corrected chi connectivity index (χ2v) is 2.08. The molecule has 0 atom stereocenters. The minimum atomic E-state index is -0.0921. The standard InChI is InChI=1S/C3H4.3CH3.ClH.Ru/c1-3-2;;;;;/h3H,1H3;3*1H3;1H;/q;3*-1;;+1/p-1. The monoisotopic (exact) mass is 222 g/mol. The molecule has 0 aromatic carbocycles. The molecule has 0 fully saturated rings. The third-order valence-corrected chi connectivity index (χ3v) is 1.29. The molecule has 0 bridgehead atoms. The molecular weight excluding hydrogens is 209 g/mol. The van der Waals surface area contributed by atoms with Crippen molar-refractivity contribution in [2.75, 3.05) is 0 Å². The van der Waals surface area contributed by atoms with E-state index in [1.807, 2.05) is 13.0 Å². The topological polar surface area (TPSA) is 0 Å². The van der Waals surface area contributed by atoms with Crippen LogP contribution >= 0.6 is 9.69 Å². The first-order valence-corrected chi connectivity index (χ1v) is 4.28. The minimum Gasteiger partial charge on any atom is -0.358 e. The van der Waals surface area contributed by atoms with E-state index in [1.54, 1.807) is 0 Å². The Kier molecular flexibility index (Phi) is 75.5. The van der Waals surface area contributed by atoms with Gasteiger partial charge in [0, 0.05) is 0 Å². The van der Waals surface area contributed by atoms with Crippen LogP contribution in [0.2, 0.25) is 0 Å². The summed E-state index contributed by atoms with van der Waals surface area (Å²) >= 11 is -0.0921. The van der Waals surface area contributed by atoms with E-state index in [-0.39, 0.29) is 38.0 Å². The molecule has 0 saturated heterocycles. The van der Waals surface area contributed by atoms with Gasteiger partial charge >= 0.3 is 42.6 Å². The molecule has 8 heavy (non-hydrogen) atoms. The number of hydrogen-bond donors (Lipinski definition) is 0. The molecule has 0 saturated carbocycles. The Balaban J connectivity index is -0.0000000267. The predicted octanol–water partition coefficient (Wildman–Crippen LogP) is 2.55. The summed E-state index contributed by atoms with van der Waals surface area (Å²) in [6.45, 7) is 1.91. The molecule has 0 aliphatic carbocycles. The maximum atomic E-state index is 5.25. The second-order valence-electron chi connectivity index (χ2n) is 0.458. The smallest absolute Gasteiger partial charge is 0.358 e. The van der Waals surface area contributed by atoms with Gasteiger partial charge in [0.1, 0.15) is 0 Å². The molecule has 0 nitrogen and oxygen atoms in total. The Morgan fingerprint density at radius 2 is 1.75 bits per heavy atom. The molecule has 0 rings (SSSR count). The van der Waals surface area contributed by atoms with Crippen molar-refractivity contribution in [3.63, 3.8) is 0 Å². The molecule has 0 aromatic rings. The summed E-state index contributed by atoms with van der Waals surface area (Å²) in [6, 6.07) is 0. The summed E-state index contributed by atoms with van der Waals surface area (Å²) in [5, 5.41) is 0. The SMILES string of the molecule is CC=[C]=[Ru][Cl].[CH3-].[CH3-].[CH3-]. The van der Waals surface area contributed by atoms with E-state index in [2.05, 4.69) is 4.26 Å². The summed E-state index contributed by atoms with van der Waals surface area (Å²) in [5.41, 5.74) is 0. The van der Waals surface area contributed by atoms with Gasteiger partial charge in [0.2, 0.25) is 0 Å². The molecule has 0 spiro atoms. The quantitative estimate of drug-likeness (QED) is 0.436. The first-order chi connectivity index (χ1) is 2.41. The average molecular weight is 222 g/mol. The molecule has 55 valence electrons. The summed E-state index contributed by atoms with van der Waals surface area (Å²) in [4.78, 5) is 0. The van der Waals surface area contributed by atoms with E-state index in [0.29, 0.717) is 0 Å². The van der Waals surface area contributed by atoms with Crippen LogP contribution in [0.15, 0.2) is 6.08 Å². The molecule has 0 heterocycles. The van der Waals surface area contributed by atoms with E-state index in [1.165, 1.54) is 0 Å². The minimum absolute atomic E-state index is 0. The fourth-order valence-corrected chi connectivity index (χ4v) is 0.685. The van der Waals surface area contributed by atoms with Crippen LogP contribution in [0.3, 0.4) is 0 Å². The summed E-state index contributed by atoms with van der Waals surface area (Å²) in [7, 11) is 5.25. The Labute approximate surface area is 65.1 Å². The van der Waals surface area contributed by atoms with Gasteiger partial charge in [-0.1, -0.05) is 0 Å². The molecule has 0 aromatic heterocycles. The van der Waals surface area contributed by atoms with E-state index < -0.39 is 0 Å². The van der Waals surface area contributed by atoms with Crippen molar-refractivity contribution in [1.82, 2.24) is 0 Å². The number of hydrogen-bond acceptors (Lipinski definition) is 0. The van der Waals surface area contributed by atoms with Gasteiger partial charge in [-0.15, -0.1) is 0 Å². The summed E-state index contributed by atoms with van der Waals surface area (Å²) in [5.74, 6) is 0. The van der Waals surface area contributed by atoms with E-state index >= 15 is 0 Å². The third kappa shape index (κ3) is 30.9. The fourth-order valence-electron chi connectivity index (χ4n) is 0.0386. The van der Waals surface area contributed by atoms with E-state index in [0.717, 1.165) is 0 Å². The zero-order valence-electron chi connectivity index (χ0n) is 5.81. The Bertz CT molecular complexity index is 56.9. The van der Waals surface area contributed by atoms with E-state index in [9.17, 15) is 0 Å². The van der Waals surface area contributed by atoms with Crippen LogP contribution in [0, 0.1) is 22.3 Å². The van der Waals surface area contributed by atoms with Gasteiger partial charge in [-0.05, 0) is 0 Å². The third-order valence-electron chi connectivity index (χ3n) is 0.141. The van der Waals surface area contributed by atoms with Crippen LogP contribution in [-0.2, 0) is 15.7 Å². The maximum Gasteiger partial charge on any atom is -0.358 e. The van der Waals surface area contributed by atoms with E-state index in [4.69, 9.17) is 9.69 Å². The van der Waals surface area contributed by atoms with Gasteiger partial charge < -0.3 is 22.3 Å². The molecule has 0 amide bonds. The van der Waals surface area contributed by atoms with Gasteiger partial charge in [0.05, 0.1) is 0 Å². The Morgan fingerprint density at radius 1 is 1.38 bits per heavy atom. The van der Waals surface area contributed by atoms with Crippen LogP contribution in [0.4, 0.5) is 0 Å². The Hall–Kier alpha value is 0.563. The fraction of sp³-hybridized carbons (Fsp3) is 0.167. The molecule has 0 aliphatic rings. The van der Waals surface area contributed by atoms with Crippen LogP contribution < -0.4 is 0 Å². The maximum absolute atomic E-state index is 5.25. The predicted molar refractivity (Wildman–Crippen MR) is 40.3 cm³/mol. The van der Waals surface area contributed by atoms with Gasteiger partial charge in [-0.3, -0.25) is 0 Å². The molecule has 0 aliphatic heterocycles. The van der Waals surface area contributed by atoms with Gasteiger partial charge in [0.25, 0.3) is 0 Å². The van der Waals surface area contributed by atoms with Crippen LogP contribution in [0.1, 0.15) is 6.92 Å². The van der Waals surface area contributed by atoms with Crippen molar-refractivity contribution in [1.29, 1.82) is 0 Å². The van der Waals surface area contributed by atoms with Crippen molar-refractivity contribution in [3.05, 3.63) is 28.4 Å². The van der Waals surface area contributed by atoms with Gasteiger partial charge in [0.15, 0.2) is 0 Å². The van der Waals surface area contributed by atoms with Crippen molar-refractivity contribution >= 4 is 14.0 Å². The zero-order chi connectivity index (χ0) is 4.12. The number of rotatable bonds is 0. The van der Waals surface area contributed by atoms with Crippen molar-refractivity contribution in [2.24, 2.45) is 0 Å². The van der Waals surface area contributed by atoms with Crippen molar-refractivity contribution in [2.45, 2.75) is 6.92 Å². The zero-order valence-corrected chi connectivity index (χ0v) is 8.30. The normalized spacial score (nSPS) is 3.75. The summed E-state index contributed by atoms with van der Waals surface area (Å²) in [6.07, 6.45) is 1.84. The first kappa shape index (κ1) is 23.5. The number of allylic oxidation sites excluding steroid dienone is 1. The number of halogens is 1. The Morgan fingerprint density at radius 3 is 1.75 bits per heavy atom. The molecule has 2 heteroatoms. The van der Waals surface area contributed by atoms with Gasteiger partial charge in [-0.25, -0.2) is 0 Å². The molecule has 0 radical (unpaired) electrons. The average Bonchev–Trinajstić information content (AvgIpc) is 1.41. The van der Waals surface area contributed by atoms with Crippen LogP contribution in [0.25, 0.3) is 0 Å².